The summed E-state index contributed by atoms with van der Waals surface area (Å²) in [5, 5.41) is 0.570. The SMILES string of the molecule is CCc1ccc2nc(N(Cc3ccccn3)C(=O)c3ccc(S(=O)(=O)N4CCCc5ccccc54)cc3)sc2c1. The Morgan fingerprint density at radius 2 is 1.80 bits per heavy atom. The first-order valence-corrected chi connectivity index (χ1v) is 15.5. The second-order valence-corrected chi connectivity index (χ2v) is 12.6. The number of para-hydroxylation sites is 1. The molecule has 9 heteroatoms. The van der Waals surface area contributed by atoms with Crippen molar-refractivity contribution >= 4 is 48.3 Å². The van der Waals surface area contributed by atoms with Crippen LogP contribution in [0.4, 0.5) is 10.8 Å². The number of aryl methyl sites for hydroxylation is 2. The second-order valence-electron chi connectivity index (χ2n) is 9.70. The number of hydrogen-bond donors (Lipinski definition) is 0. The van der Waals surface area contributed by atoms with E-state index in [1.165, 1.54) is 33.3 Å². The summed E-state index contributed by atoms with van der Waals surface area (Å²) in [6.45, 7) is 2.77. The number of carbonyl (C=O) groups is 1. The zero-order valence-electron chi connectivity index (χ0n) is 22.0. The molecular formula is C31H28N4O3S2. The molecular weight excluding hydrogens is 541 g/mol. The molecule has 0 aliphatic carbocycles. The van der Waals surface area contributed by atoms with Gasteiger partial charge in [-0.1, -0.05) is 48.6 Å². The van der Waals surface area contributed by atoms with Crippen LogP contribution in [0.5, 0.6) is 0 Å². The van der Waals surface area contributed by atoms with Crippen molar-refractivity contribution < 1.29 is 13.2 Å². The Hall–Kier alpha value is -4.08. The minimum atomic E-state index is -3.77. The van der Waals surface area contributed by atoms with E-state index in [1.54, 1.807) is 23.2 Å². The fourth-order valence-corrected chi connectivity index (χ4v) is 7.54. The van der Waals surface area contributed by atoms with E-state index in [0.29, 0.717) is 17.2 Å². The first-order valence-electron chi connectivity index (χ1n) is 13.3. The van der Waals surface area contributed by atoms with Gasteiger partial charge in [-0.05, 0) is 85.0 Å². The van der Waals surface area contributed by atoms with Gasteiger partial charge < -0.3 is 0 Å². The van der Waals surface area contributed by atoms with E-state index in [1.807, 2.05) is 48.5 Å². The second kappa shape index (κ2) is 10.8. The summed E-state index contributed by atoms with van der Waals surface area (Å²) in [5.74, 6) is -0.271. The van der Waals surface area contributed by atoms with Crippen LogP contribution in [0, 0.1) is 0 Å². The van der Waals surface area contributed by atoms with Crippen LogP contribution >= 0.6 is 11.3 Å². The zero-order valence-corrected chi connectivity index (χ0v) is 23.7. The molecule has 0 bridgehead atoms. The van der Waals surface area contributed by atoms with Gasteiger partial charge in [0.2, 0.25) is 0 Å². The summed E-state index contributed by atoms with van der Waals surface area (Å²) in [4.78, 5) is 24.8. The number of pyridine rings is 1. The molecule has 0 radical (unpaired) electrons. The van der Waals surface area contributed by atoms with Crippen molar-refractivity contribution in [3.63, 3.8) is 0 Å². The molecule has 3 aromatic carbocycles. The van der Waals surface area contributed by atoms with Gasteiger partial charge in [-0.15, -0.1) is 0 Å². The molecule has 3 heterocycles. The fourth-order valence-electron chi connectivity index (χ4n) is 4.97. The summed E-state index contributed by atoms with van der Waals surface area (Å²) in [6.07, 6.45) is 4.23. The Morgan fingerprint density at radius 1 is 1.00 bits per heavy atom. The minimum absolute atomic E-state index is 0.157. The van der Waals surface area contributed by atoms with Gasteiger partial charge in [-0.2, -0.15) is 0 Å². The van der Waals surface area contributed by atoms with Gasteiger partial charge in [0, 0.05) is 18.3 Å². The van der Waals surface area contributed by atoms with Crippen LogP contribution in [0.25, 0.3) is 10.2 Å². The summed E-state index contributed by atoms with van der Waals surface area (Å²) in [7, 11) is -3.77. The Kier molecular flexibility index (Phi) is 7.08. The maximum Gasteiger partial charge on any atom is 0.264 e. The van der Waals surface area contributed by atoms with Crippen LogP contribution in [-0.2, 0) is 29.4 Å². The number of hydrogen-bond acceptors (Lipinski definition) is 6. The van der Waals surface area contributed by atoms with Crippen molar-refractivity contribution in [1.29, 1.82) is 0 Å². The van der Waals surface area contributed by atoms with Gasteiger partial charge in [0.05, 0.1) is 33.0 Å². The third-order valence-electron chi connectivity index (χ3n) is 7.13. The van der Waals surface area contributed by atoms with Crippen molar-refractivity contribution in [3.8, 4) is 0 Å². The number of rotatable bonds is 7. The number of carbonyl (C=O) groups excluding carboxylic acids is 1. The zero-order chi connectivity index (χ0) is 27.7. The van der Waals surface area contributed by atoms with Crippen molar-refractivity contribution in [2.75, 3.05) is 15.7 Å². The molecule has 202 valence electrons. The topological polar surface area (TPSA) is 83.5 Å². The molecule has 7 nitrogen and oxygen atoms in total. The smallest absolute Gasteiger partial charge is 0.264 e. The van der Waals surface area contributed by atoms with Crippen LogP contribution < -0.4 is 9.21 Å². The van der Waals surface area contributed by atoms with E-state index < -0.39 is 10.0 Å². The van der Waals surface area contributed by atoms with Crippen LogP contribution in [0.1, 0.15) is 40.5 Å². The number of thiazole rings is 1. The van der Waals surface area contributed by atoms with E-state index in [0.717, 1.165) is 46.4 Å². The van der Waals surface area contributed by atoms with Gasteiger partial charge in [-0.3, -0.25) is 19.0 Å². The number of fused-ring (bicyclic) bond motifs is 2. The molecule has 0 unspecified atom stereocenters. The average Bonchev–Trinajstić information content (AvgIpc) is 3.43. The molecule has 0 N–H and O–H groups in total. The Balaban J connectivity index is 1.33. The van der Waals surface area contributed by atoms with Gasteiger partial charge in [0.1, 0.15) is 0 Å². The molecule has 0 saturated carbocycles. The van der Waals surface area contributed by atoms with Gasteiger partial charge in [-0.25, -0.2) is 13.4 Å². The minimum Gasteiger partial charge on any atom is -0.278 e. The highest BCUT2D eigenvalue weighted by Gasteiger charge is 2.29. The lowest BCUT2D eigenvalue weighted by Crippen LogP contribution is -2.35. The first kappa shape index (κ1) is 26.2. The standard InChI is InChI=1S/C31H28N4O3S2/c1-2-22-12-17-27-29(20-22)39-31(33-27)34(21-25-10-5-6-18-32-25)30(36)24-13-15-26(16-14-24)40(37,38)35-19-7-9-23-8-3-4-11-28(23)35/h3-6,8,10-18,20H,2,7,9,19,21H2,1H3. The Labute approximate surface area is 237 Å². The lowest BCUT2D eigenvalue weighted by molar-refractivity contribution is 0.0984. The first-order chi connectivity index (χ1) is 19.4. The van der Waals surface area contributed by atoms with Crippen LogP contribution in [0.3, 0.4) is 0 Å². The lowest BCUT2D eigenvalue weighted by Gasteiger charge is -2.30. The highest BCUT2D eigenvalue weighted by Crippen LogP contribution is 2.33. The van der Waals surface area contributed by atoms with E-state index in [-0.39, 0.29) is 17.3 Å². The van der Waals surface area contributed by atoms with E-state index in [4.69, 9.17) is 4.98 Å². The maximum atomic E-state index is 13.9. The van der Waals surface area contributed by atoms with Crippen LogP contribution in [0.2, 0.25) is 0 Å². The summed E-state index contributed by atoms with van der Waals surface area (Å²) in [6, 6.07) is 25.5. The quantitative estimate of drug-likeness (QED) is 0.232. The van der Waals surface area contributed by atoms with Gasteiger partial charge >= 0.3 is 0 Å². The predicted molar refractivity (Wildman–Crippen MR) is 159 cm³/mol. The molecule has 2 aromatic heterocycles. The number of benzene rings is 3. The largest absolute Gasteiger partial charge is 0.278 e. The van der Waals surface area contributed by atoms with Crippen molar-refractivity contribution in [2.24, 2.45) is 0 Å². The number of nitrogens with zero attached hydrogens (tertiary/aromatic N) is 4. The molecule has 40 heavy (non-hydrogen) atoms. The van der Waals surface area contributed by atoms with Crippen molar-refractivity contribution in [2.45, 2.75) is 37.6 Å². The lowest BCUT2D eigenvalue weighted by atomic mass is 10.0. The molecule has 1 amide bonds. The molecule has 1 aliphatic rings. The molecule has 0 saturated heterocycles. The third kappa shape index (κ3) is 4.98. The van der Waals surface area contributed by atoms with E-state index in [2.05, 4.69) is 24.0 Å². The number of aromatic nitrogens is 2. The predicted octanol–water partition coefficient (Wildman–Crippen LogP) is 6.24. The van der Waals surface area contributed by atoms with Crippen molar-refractivity contribution in [3.05, 3.63) is 114 Å². The molecule has 0 spiro atoms. The summed E-state index contributed by atoms with van der Waals surface area (Å²) >= 11 is 1.46. The summed E-state index contributed by atoms with van der Waals surface area (Å²) < 4.78 is 29.7. The van der Waals surface area contributed by atoms with Crippen LogP contribution in [-0.4, -0.2) is 30.8 Å². The molecule has 0 atom stereocenters. The highest BCUT2D eigenvalue weighted by molar-refractivity contribution is 7.92. The van der Waals surface area contributed by atoms with Crippen LogP contribution in [0.15, 0.2) is 96.0 Å². The monoisotopic (exact) mass is 568 g/mol. The van der Waals surface area contributed by atoms with E-state index in [9.17, 15) is 13.2 Å². The maximum absolute atomic E-state index is 13.9. The summed E-state index contributed by atoms with van der Waals surface area (Å²) in [5.41, 5.74) is 4.89. The Morgan fingerprint density at radius 3 is 2.58 bits per heavy atom. The third-order valence-corrected chi connectivity index (χ3v) is 10.00. The Bertz CT molecular complexity index is 1780. The van der Waals surface area contributed by atoms with Gasteiger partial charge in [0.25, 0.3) is 15.9 Å². The van der Waals surface area contributed by atoms with Gasteiger partial charge in [0.15, 0.2) is 5.13 Å². The molecule has 1 aliphatic heterocycles. The average molecular weight is 569 g/mol. The van der Waals surface area contributed by atoms with Crippen molar-refractivity contribution in [1.82, 2.24) is 9.97 Å². The highest BCUT2D eigenvalue weighted by atomic mass is 32.2. The molecule has 5 aromatic rings. The molecule has 6 rings (SSSR count). The number of anilines is 2. The number of sulfonamides is 1. The number of amides is 1. The van der Waals surface area contributed by atoms with E-state index >= 15 is 0 Å². The normalized spacial score (nSPS) is 13.3. The fraction of sp³-hybridized carbons (Fsp3) is 0.194. The molecule has 0 fully saturated rings.